The van der Waals surface area contributed by atoms with Crippen molar-refractivity contribution in [2.75, 3.05) is 6.61 Å². The van der Waals surface area contributed by atoms with Crippen molar-refractivity contribution in [1.82, 2.24) is 25.0 Å². The first-order chi connectivity index (χ1) is 13.1. The number of hydrogen-bond acceptors (Lipinski definition) is 4. The number of nitrogens with one attached hydrogen (secondary N) is 1. The van der Waals surface area contributed by atoms with Crippen LogP contribution in [-0.4, -0.2) is 31.6 Å². The maximum Gasteiger partial charge on any atom is 0.220 e. The van der Waals surface area contributed by atoms with Crippen LogP contribution in [0.5, 0.6) is 5.88 Å². The van der Waals surface area contributed by atoms with Crippen molar-refractivity contribution in [2.45, 2.75) is 20.4 Å². The maximum absolute atomic E-state index is 13.5. The van der Waals surface area contributed by atoms with E-state index in [1.807, 2.05) is 17.7 Å². The van der Waals surface area contributed by atoms with Crippen molar-refractivity contribution in [1.29, 1.82) is 0 Å². The van der Waals surface area contributed by atoms with E-state index in [2.05, 4.69) is 22.1 Å². The molecule has 0 radical (unpaired) electrons. The molecule has 5 rings (SSSR count). The topological polar surface area (TPSA) is 68.6 Å². The molecule has 0 bridgehead atoms. The third-order valence-electron chi connectivity index (χ3n) is 4.83. The Morgan fingerprint density at radius 1 is 1.26 bits per heavy atom. The van der Waals surface area contributed by atoms with Gasteiger partial charge >= 0.3 is 0 Å². The number of fused-ring (bicyclic) bond motifs is 2. The van der Waals surface area contributed by atoms with E-state index in [9.17, 15) is 4.39 Å². The second-order valence-electron chi connectivity index (χ2n) is 7.08. The van der Waals surface area contributed by atoms with Crippen molar-refractivity contribution >= 4 is 11.0 Å². The van der Waals surface area contributed by atoms with Crippen LogP contribution in [0.1, 0.15) is 12.6 Å². The Kier molecular flexibility index (Phi) is 3.50. The molecule has 6 nitrogen and oxygen atoms in total. The van der Waals surface area contributed by atoms with Crippen LogP contribution in [0.2, 0.25) is 0 Å². The maximum atomic E-state index is 13.5. The van der Waals surface area contributed by atoms with E-state index >= 15 is 0 Å². The molecule has 0 amide bonds. The summed E-state index contributed by atoms with van der Waals surface area (Å²) < 4.78 is 21.4. The highest BCUT2D eigenvalue weighted by molar-refractivity contribution is 5.98. The minimum Gasteiger partial charge on any atom is -0.477 e. The second kappa shape index (κ2) is 5.90. The minimum absolute atomic E-state index is 0.272. The predicted octanol–water partition coefficient (Wildman–Crippen LogP) is 3.96. The third kappa shape index (κ3) is 2.58. The van der Waals surface area contributed by atoms with Gasteiger partial charge in [0, 0.05) is 28.1 Å². The van der Waals surface area contributed by atoms with Gasteiger partial charge in [-0.3, -0.25) is 5.10 Å². The van der Waals surface area contributed by atoms with Crippen LogP contribution in [0, 0.1) is 18.7 Å². The van der Waals surface area contributed by atoms with Crippen LogP contribution >= 0.6 is 0 Å². The van der Waals surface area contributed by atoms with Gasteiger partial charge < -0.3 is 4.74 Å². The van der Waals surface area contributed by atoms with Crippen molar-refractivity contribution in [3.05, 3.63) is 48.0 Å². The first-order valence-corrected chi connectivity index (χ1v) is 8.91. The Bertz CT molecular complexity index is 1150. The lowest BCUT2D eigenvalue weighted by Gasteiger charge is -2.21. The highest BCUT2D eigenvalue weighted by Gasteiger charge is 2.28. The Morgan fingerprint density at radius 2 is 2.07 bits per heavy atom. The molecule has 1 N–H and O–H groups in total. The highest BCUT2D eigenvalue weighted by atomic mass is 19.1. The molecule has 0 saturated carbocycles. The number of H-pyrrole nitrogens is 1. The van der Waals surface area contributed by atoms with Gasteiger partial charge in [0.25, 0.3) is 0 Å². The van der Waals surface area contributed by atoms with Crippen molar-refractivity contribution in [3.63, 3.8) is 0 Å². The average molecular weight is 363 g/mol. The molecule has 1 aromatic carbocycles. The first kappa shape index (κ1) is 16.0. The van der Waals surface area contributed by atoms with Gasteiger partial charge in [0.1, 0.15) is 11.5 Å². The average Bonchev–Trinajstić information content (AvgIpc) is 3.25. The summed E-state index contributed by atoms with van der Waals surface area (Å²) in [5, 5.41) is 12.8. The van der Waals surface area contributed by atoms with Gasteiger partial charge in [-0.05, 0) is 37.3 Å². The molecule has 7 heteroatoms. The predicted molar refractivity (Wildman–Crippen MR) is 99.9 cm³/mol. The zero-order valence-corrected chi connectivity index (χ0v) is 15.0. The number of nitrogens with zero attached hydrogens (tertiary/aromatic N) is 4. The van der Waals surface area contributed by atoms with E-state index in [1.54, 1.807) is 18.3 Å². The minimum atomic E-state index is -0.272. The zero-order chi connectivity index (χ0) is 18.5. The monoisotopic (exact) mass is 363 g/mol. The van der Waals surface area contributed by atoms with Crippen LogP contribution in [0.25, 0.3) is 33.4 Å². The van der Waals surface area contributed by atoms with Gasteiger partial charge in [0.2, 0.25) is 5.88 Å². The number of benzene rings is 1. The van der Waals surface area contributed by atoms with E-state index in [0.717, 1.165) is 51.5 Å². The number of aryl methyl sites for hydroxylation is 1. The number of pyridine rings is 1. The number of ether oxygens (including phenoxy) is 1. The van der Waals surface area contributed by atoms with Crippen molar-refractivity contribution in [2.24, 2.45) is 5.92 Å². The van der Waals surface area contributed by atoms with Gasteiger partial charge in [0.05, 0.1) is 24.9 Å². The highest BCUT2D eigenvalue weighted by Crippen LogP contribution is 2.43. The summed E-state index contributed by atoms with van der Waals surface area (Å²) in [6.45, 7) is 5.50. The lowest BCUT2D eigenvalue weighted by molar-refractivity contribution is 0.176. The lowest BCUT2D eigenvalue weighted by Crippen LogP contribution is -2.23. The van der Waals surface area contributed by atoms with Crippen LogP contribution in [-0.2, 0) is 6.54 Å². The Balaban J connectivity index is 1.82. The number of aromatic nitrogens is 5. The van der Waals surface area contributed by atoms with Crippen LogP contribution in [0.4, 0.5) is 4.39 Å². The smallest absolute Gasteiger partial charge is 0.220 e. The van der Waals surface area contributed by atoms with Gasteiger partial charge in [-0.25, -0.2) is 14.1 Å². The van der Waals surface area contributed by atoms with Crippen molar-refractivity contribution < 1.29 is 9.13 Å². The number of halogens is 1. The van der Waals surface area contributed by atoms with Gasteiger partial charge in [-0.1, -0.05) is 6.92 Å². The Morgan fingerprint density at radius 3 is 2.89 bits per heavy atom. The second-order valence-corrected chi connectivity index (χ2v) is 7.08. The number of hydrogen-bond donors (Lipinski definition) is 1. The Hall–Kier alpha value is -3.22. The molecule has 4 heterocycles. The standard InChI is InChI=1S/C20H18FN5O/c1-11-9-26-20(27-10-11)17(18(25-26)13-3-5-14(21)6-4-13)15-7-12(2)23-19-16(15)8-22-24-19/h3-8,11H,9-10H2,1-2H3,(H,22,23,24)/t11-/m1/s1. The van der Waals surface area contributed by atoms with Gasteiger partial charge in [-0.2, -0.15) is 10.2 Å². The van der Waals surface area contributed by atoms with E-state index in [0.29, 0.717) is 12.5 Å². The molecule has 1 aliphatic rings. The van der Waals surface area contributed by atoms with E-state index < -0.39 is 0 Å². The van der Waals surface area contributed by atoms with Gasteiger partial charge in [-0.15, -0.1) is 0 Å². The molecule has 0 saturated heterocycles. The molecule has 0 aliphatic carbocycles. The fourth-order valence-electron chi connectivity index (χ4n) is 3.60. The molecule has 1 aliphatic heterocycles. The molecule has 1 atom stereocenters. The van der Waals surface area contributed by atoms with Crippen LogP contribution in [0.15, 0.2) is 36.5 Å². The summed E-state index contributed by atoms with van der Waals surface area (Å²) in [5.74, 6) is 0.839. The van der Waals surface area contributed by atoms with E-state index in [4.69, 9.17) is 9.84 Å². The molecule has 136 valence electrons. The molecule has 4 aromatic rings. The fraction of sp³-hybridized carbons (Fsp3) is 0.250. The van der Waals surface area contributed by atoms with Crippen LogP contribution < -0.4 is 4.74 Å². The SMILES string of the molecule is Cc1cc(-c2c(-c3ccc(F)cc3)nn3c2OC[C@H](C)C3)c2cn[nH]c2n1. The summed E-state index contributed by atoms with van der Waals surface area (Å²) in [6, 6.07) is 8.41. The van der Waals surface area contributed by atoms with E-state index in [1.165, 1.54) is 12.1 Å². The molecular weight excluding hydrogens is 345 g/mol. The Labute approximate surface area is 155 Å². The van der Waals surface area contributed by atoms with Gasteiger partial charge in [0.15, 0.2) is 5.65 Å². The summed E-state index contributed by atoms with van der Waals surface area (Å²) in [7, 11) is 0. The summed E-state index contributed by atoms with van der Waals surface area (Å²) in [4.78, 5) is 4.51. The summed E-state index contributed by atoms with van der Waals surface area (Å²) in [6.07, 6.45) is 1.76. The molecule has 3 aromatic heterocycles. The molecular formula is C20H18FN5O. The van der Waals surface area contributed by atoms with Crippen molar-refractivity contribution in [3.8, 4) is 28.3 Å². The molecule has 0 spiro atoms. The first-order valence-electron chi connectivity index (χ1n) is 8.91. The number of aromatic amines is 1. The zero-order valence-electron chi connectivity index (χ0n) is 15.0. The largest absolute Gasteiger partial charge is 0.477 e. The fourth-order valence-corrected chi connectivity index (χ4v) is 3.60. The van der Waals surface area contributed by atoms with E-state index in [-0.39, 0.29) is 5.82 Å². The molecule has 27 heavy (non-hydrogen) atoms. The summed E-state index contributed by atoms with van der Waals surface area (Å²) in [5.41, 5.74) is 5.06. The number of rotatable bonds is 2. The van der Waals surface area contributed by atoms with Crippen LogP contribution in [0.3, 0.4) is 0 Å². The quantitative estimate of drug-likeness (QED) is 0.585. The molecule has 0 unspecified atom stereocenters. The third-order valence-corrected chi connectivity index (χ3v) is 4.83. The lowest BCUT2D eigenvalue weighted by atomic mass is 9.99. The molecule has 0 fully saturated rings. The normalized spacial score (nSPS) is 16.3. The summed E-state index contributed by atoms with van der Waals surface area (Å²) >= 11 is 0.